The monoisotopic (exact) mass is 410 g/mol. The van der Waals surface area contributed by atoms with Crippen LogP contribution in [0.25, 0.3) is 5.69 Å². The van der Waals surface area contributed by atoms with Gasteiger partial charge in [0.15, 0.2) is 0 Å². The summed E-state index contributed by atoms with van der Waals surface area (Å²) in [6, 6.07) is 22.2. The zero-order chi connectivity index (χ0) is 21.6. The molecule has 0 N–H and O–H groups in total. The van der Waals surface area contributed by atoms with Gasteiger partial charge in [0.05, 0.1) is 23.1 Å². The summed E-state index contributed by atoms with van der Waals surface area (Å²) in [6.07, 6.45) is 6.21. The molecule has 0 atom stereocenters. The van der Waals surface area contributed by atoms with E-state index >= 15 is 0 Å². The first-order valence-electron chi connectivity index (χ1n) is 10.5. The number of para-hydroxylation sites is 1. The second-order valence-electron chi connectivity index (χ2n) is 7.58. The van der Waals surface area contributed by atoms with Crippen molar-refractivity contribution in [3.8, 4) is 5.69 Å². The van der Waals surface area contributed by atoms with Gasteiger partial charge in [0, 0.05) is 25.5 Å². The summed E-state index contributed by atoms with van der Waals surface area (Å²) in [7, 11) is 0. The number of amides is 1. The highest BCUT2D eigenvalue weighted by Gasteiger charge is 2.22. The maximum Gasteiger partial charge on any atom is 0.257 e. The van der Waals surface area contributed by atoms with Gasteiger partial charge in [-0.3, -0.25) is 9.78 Å². The molecule has 0 fully saturated rings. The van der Waals surface area contributed by atoms with Crippen LogP contribution in [-0.2, 0) is 19.5 Å². The van der Waals surface area contributed by atoms with Gasteiger partial charge >= 0.3 is 0 Å². The average molecular weight is 411 g/mol. The van der Waals surface area contributed by atoms with Gasteiger partial charge in [-0.15, -0.1) is 0 Å². The predicted octanol–water partition coefficient (Wildman–Crippen LogP) is 4.98. The summed E-state index contributed by atoms with van der Waals surface area (Å²) in [5, 5.41) is 4.48. The lowest BCUT2D eigenvalue weighted by Crippen LogP contribution is -2.30. The van der Waals surface area contributed by atoms with Crippen LogP contribution < -0.4 is 0 Å². The highest BCUT2D eigenvalue weighted by molar-refractivity contribution is 5.95. The van der Waals surface area contributed by atoms with Gasteiger partial charge in [-0.1, -0.05) is 55.5 Å². The van der Waals surface area contributed by atoms with Gasteiger partial charge in [0.25, 0.3) is 5.91 Å². The smallest absolute Gasteiger partial charge is 0.257 e. The molecule has 4 aromatic rings. The van der Waals surface area contributed by atoms with Gasteiger partial charge in [-0.05, 0) is 48.2 Å². The van der Waals surface area contributed by atoms with Crippen LogP contribution in [0.3, 0.4) is 0 Å². The number of benzene rings is 2. The minimum absolute atomic E-state index is 0.0388. The van der Waals surface area contributed by atoms with E-state index in [0.29, 0.717) is 18.7 Å². The molecule has 2 aromatic heterocycles. The number of pyridine rings is 1. The van der Waals surface area contributed by atoms with Crippen LogP contribution in [0, 0.1) is 6.92 Å². The Morgan fingerprint density at radius 3 is 2.26 bits per heavy atom. The summed E-state index contributed by atoms with van der Waals surface area (Å²) in [4.78, 5) is 19.7. The van der Waals surface area contributed by atoms with Crippen molar-refractivity contribution in [2.45, 2.75) is 33.4 Å². The lowest BCUT2D eigenvalue weighted by Gasteiger charge is -2.23. The molecule has 0 aliphatic rings. The third kappa shape index (κ3) is 4.72. The van der Waals surface area contributed by atoms with Crippen LogP contribution in [0.4, 0.5) is 0 Å². The van der Waals surface area contributed by atoms with E-state index in [4.69, 9.17) is 0 Å². The average Bonchev–Trinajstić information content (AvgIpc) is 3.21. The summed E-state index contributed by atoms with van der Waals surface area (Å²) >= 11 is 0. The summed E-state index contributed by atoms with van der Waals surface area (Å²) < 4.78 is 1.81. The topological polar surface area (TPSA) is 51.0 Å². The third-order valence-electron chi connectivity index (χ3n) is 5.43. The maximum atomic E-state index is 13.6. The fraction of sp³-hybridized carbons (Fsp3) is 0.192. The summed E-state index contributed by atoms with van der Waals surface area (Å²) in [5.41, 5.74) is 5.75. The van der Waals surface area contributed by atoms with Crippen LogP contribution in [0.5, 0.6) is 0 Å². The molecule has 5 nitrogen and oxygen atoms in total. The van der Waals surface area contributed by atoms with Crippen LogP contribution in [0.1, 0.15) is 39.7 Å². The molecule has 0 aliphatic heterocycles. The lowest BCUT2D eigenvalue weighted by molar-refractivity contribution is 0.0729. The van der Waals surface area contributed by atoms with E-state index in [1.54, 1.807) is 18.6 Å². The normalized spacial score (nSPS) is 10.8. The first-order valence-corrected chi connectivity index (χ1v) is 10.5. The minimum atomic E-state index is -0.0388. The molecule has 0 aliphatic carbocycles. The van der Waals surface area contributed by atoms with Crippen molar-refractivity contribution >= 4 is 5.91 Å². The molecule has 0 saturated carbocycles. The second-order valence-corrected chi connectivity index (χ2v) is 7.58. The zero-order valence-corrected chi connectivity index (χ0v) is 17.9. The number of aromatic nitrogens is 3. The molecule has 4 rings (SSSR count). The zero-order valence-electron chi connectivity index (χ0n) is 17.9. The van der Waals surface area contributed by atoms with E-state index in [0.717, 1.165) is 28.9 Å². The Bertz CT molecular complexity index is 1140. The van der Waals surface area contributed by atoms with Crippen molar-refractivity contribution in [2.75, 3.05) is 0 Å². The SMILES string of the molecule is CCc1ccc(CN(Cc2cccnc2)C(=O)c2cnn(-c3ccccc3)c2C)cc1. The maximum absolute atomic E-state index is 13.6. The molecule has 0 radical (unpaired) electrons. The Hall–Kier alpha value is -3.73. The number of rotatable bonds is 7. The van der Waals surface area contributed by atoms with E-state index in [9.17, 15) is 4.79 Å². The van der Waals surface area contributed by atoms with Crippen molar-refractivity contribution in [2.24, 2.45) is 0 Å². The van der Waals surface area contributed by atoms with E-state index in [-0.39, 0.29) is 5.91 Å². The molecule has 5 heteroatoms. The number of carbonyl (C=O) groups excluding carboxylic acids is 1. The molecule has 31 heavy (non-hydrogen) atoms. The van der Waals surface area contributed by atoms with Crippen LogP contribution in [0.2, 0.25) is 0 Å². The number of nitrogens with zero attached hydrogens (tertiary/aromatic N) is 4. The first kappa shape index (κ1) is 20.5. The van der Waals surface area contributed by atoms with E-state index < -0.39 is 0 Å². The molecule has 2 heterocycles. The Morgan fingerprint density at radius 1 is 0.871 bits per heavy atom. The molecule has 0 bridgehead atoms. The van der Waals surface area contributed by atoms with Gasteiger partial charge in [0.2, 0.25) is 0 Å². The van der Waals surface area contributed by atoms with Crippen molar-refractivity contribution in [3.05, 3.63) is 113 Å². The quantitative estimate of drug-likeness (QED) is 0.432. The van der Waals surface area contributed by atoms with Gasteiger partial charge < -0.3 is 4.90 Å². The summed E-state index contributed by atoms with van der Waals surface area (Å²) in [6.45, 7) is 5.08. The van der Waals surface area contributed by atoms with E-state index in [1.807, 2.05) is 59.0 Å². The Labute approximate surface area is 183 Å². The van der Waals surface area contributed by atoms with E-state index in [1.165, 1.54) is 5.56 Å². The van der Waals surface area contributed by atoms with Crippen LogP contribution >= 0.6 is 0 Å². The minimum Gasteiger partial charge on any atom is -0.330 e. The number of hydrogen-bond acceptors (Lipinski definition) is 3. The standard InChI is InChI=1S/C26H26N4O/c1-3-21-11-13-22(14-12-21)18-29(19-23-8-7-15-27-16-23)26(31)25-17-28-30(20(25)2)24-9-5-4-6-10-24/h4-17H,3,18-19H2,1-2H3. The Kier molecular flexibility index (Phi) is 6.22. The molecule has 0 saturated heterocycles. The van der Waals surface area contributed by atoms with Crippen molar-refractivity contribution < 1.29 is 4.79 Å². The molecule has 0 spiro atoms. The molecular weight excluding hydrogens is 384 g/mol. The number of carbonyl (C=O) groups is 1. The lowest BCUT2D eigenvalue weighted by atomic mass is 10.1. The van der Waals surface area contributed by atoms with Crippen LogP contribution in [0.15, 0.2) is 85.3 Å². The molecule has 2 aromatic carbocycles. The van der Waals surface area contributed by atoms with Crippen molar-refractivity contribution in [1.82, 2.24) is 19.7 Å². The fourth-order valence-corrected chi connectivity index (χ4v) is 3.63. The first-order chi connectivity index (χ1) is 15.2. The predicted molar refractivity (Wildman–Crippen MR) is 122 cm³/mol. The Balaban J connectivity index is 1.64. The van der Waals surface area contributed by atoms with Crippen molar-refractivity contribution in [1.29, 1.82) is 0 Å². The van der Waals surface area contributed by atoms with Crippen molar-refractivity contribution in [3.63, 3.8) is 0 Å². The molecular formula is C26H26N4O. The molecule has 156 valence electrons. The van der Waals surface area contributed by atoms with Crippen LogP contribution in [-0.4, -0.2) is 25.6 Å². The highest BCUT2D eigenvalue weighted by Crippen LogP contribution is 2.19. The summed E-state index contributed by atoms with van der Waals surface area (Å²) in [5.74, 6) is -0.0388. The van der Waals surface area contributed by atoms with Gasteiger partial charge in [-0.2, -0.15) is 5.10 Å². The third-order valence-corrected chi connectivity index (χ3v) is 5.43. The van der Waals surface area contributed by atoms with E-state index in [2.05, 4.69) is 41.3 Å². The largest absolute Gasteiger partial charge is 0.330 e. The highest BCUT2D eigenvalue weighted by atomic mass is 16.2. The van der Waals surface area contributed by atoms with Gasteiger partial charge in [0.1, 0.15) is 0 Å². The second kappa shape index (κ2) is 9.39. The fourth-order valence-electron chi connectivity index (χ4n) is 3.63. The molecule has 1 amide bonds. The number of hydrogen-bond donors (Lipinski definition) is 0. The number of aryl methyl sites for hydroxylation is 1. The molecule has 0 unspecified atom stereocenters. The van der Waals surface area contributed by atoms with Gasteiger partial charge in [-0.25, -0.2) is 4.68 Å². The Morgan fingerprint density at radius 2 is 1.58 bits per heavy atom.